The quantitative estimate of drug-likeness (QED) is 0.822. The zero-order valence-corrected chi connectivity index (χ0v) is 11.7. The summed E-state index contributed by atoms with van der Waals surface area (Å²) in [4.78, 5) is 0. The second-order valence-corrected chi connectivity index (χ2v) is 6.59. The third kappa shape index (κ3) is 1.96. The van der Waals surface area contributed by atoms with Gasteiger partial charge in [-0.2, -0.15) is 0 Å². The van der Waals surface area contributed by atoms with E-state index in [1.54, 1.807) is 0 Å². The number of halogens is 4. The summed E-state index contributed by atoms with van der Waals surface area (Å²) >= 11 is 5.72. The molecule has 1 aromatic rings. The Morgan fingerprint density at radius 1 is 1.20 bits per heavy atom. The van der Waals surface area contributed by atoms with Gasteiger partial charge in [-0.15, -0.1) is 0 Å². The van der Waals surface area contributed by atoms with E-state index in [4.69, 9.17) is 11.6 Å². The Labute approximate surface area is 120 Å². The van der Waals surface area contributed by atoms with Gasteiger partial charge in [0, 0.05) is 11.5 Å². The molecule has 0 radical (unpaired) electrons. The van der Waals surface area contributed by atoms with Gasteiger partial charge in [0.2, 0.25) is 0 Å². The third-order valence-electron chi connectivity index (χ3n) is 5.16. The third-order valence-corrected chi connectivity index (χ3v) is 5.45. The Bertz CT molecular complexity index is 538. The van der Waals surface area contributed by atoms with Crippen molar-refractivity contribution in [1.29, 1.82) is 0 Å². The van der Waals surface area contributed by atoms with Crippen molar-refractivity contribution in [2.75, 3.05) is 6.61 Å². The van der Waals surface area contributed by atoms with Crippen LogP contribution in [0.1, 0.15) is 43.6 Å². The predicted octanol–water partition coefficient (Wildman–Crippen LogP) is 4.37. The average Bonchev–Trinajstić information content (AvgIpc) is 2.93. The van der Waals surface area contributed by atoms with E-state index >= 15 is 0 Å². The number of aliphatic hydroxyl groups is 1. The minimum absolute atomic E-state index is 0.168. The van der Waals surface area contributed by atoms with Gasteiger partial charge < -0.3 is 5.11 Å². The molecular weight excluding hydrogens is 289 g/mol. The molecule has 0 saturated heterocycles. The number of rotatable bonds is 3. The van der Waals surface area contributed by atoms with Crippen molar-refractivity contribution >= 4 is 11.6 Å². The van der Waals surface area contributed by atoms with E-state index in [0.717, 1.165) is 12.1 Å². The molecule has 0 heterocycles. The van der Waals surface area contributed by atoms with Gasteiger partial charge in [-0.1, -0.05) is 11.6 Å². The SMILES string of the molecule is OCC(c1c(F)ccc(Cl)c1F)C12CCC(F)(CC1)C2. The van der Waals surface area contributed by atoms with Gasteiger partial charge in [-0.3, -0.25) is 0 Å². The fourth-order valence-electron chi connectivity index (χ4n) is 4.11. The first-order valence-electron chi connectivity index (χ1n) is 6.84. The van der Waals surface area contributed by atoms with E-state index in [-0.39, 0.29) is 17.0 Å². The van der Waals surface area contributed by atoms with Crippen LogP contribution in [-0.4, -0.2) is 17.4 Å². The van der Waals surface area contributed by atoms with Crippen LogP contribution in [0.2, 0.25) is 5.02 Å². The van der Waals surface area contributed by atoms with Gasteiger partial charge in [-0.25, -0.2) is 13.2 Å². The molecule has 2 fully saturated rings. The van der Waals surface area contributed by atoms with Gasteiger partial charge in [0.25, 0.3) is 0 Å². The Balaban J connectivity index is 2.06. The molecule has 2 saturated carbocycles. The van der Waals surface area contributed by atoms with Gasteiger partial charge in [0.15, 0.2) is 0 Å². The monoisotopic (exact) mass is 304 g/mol. The highest BCUT2D eigenvalue weighted by atomic mass is 35.5. The molecule has 1 unspecified atom stereocenters. The number of aliphatic hydroxyl groups excluding tert-OH is 1. The molecule has 20 heavy (non-hydrogen) atoms. The molecule has 1 aromatic carbocycles. The maximum atomic E-state index is 14.3. The van der Waals surface area contributed by atoms with Crippen LogP contribution in [0.15, 0.2) is 12.1 Å². The average molecular weight is 305 g/mol. The molecule has 2 aliphatic carbocycles. The molecule has 2 bridgehead atoms. The van der Waals surface area contributed by atoms with Crippen molar-refractivity contribution in [3.63, 3.8) is 0 Å². The van der Waals surface area contributed by atoms with Crippen LogP contribution < -0.4 is 0 Å². The highest BCUT2D eigenvalue weighted by molar-refractivity contribution is 6.30. The lowest BCUT2D eigenvalue weighted by Crippen LogP contribution is -2.28. The van der Waals surface area contributed by atoms with Crippen LogP contribution in [0, 0.1) is 17.0 Å². The summed E-state index contributed by atoms with van der Waals surface area (Å²) < 4.78 is 42.6. The van der Waals surface area contributed by atoms with Crippen LogP contribution >= 0.6 is 11.6 Å². The maximum Gasteiger partial charge on any atom is 0.148 e. The Morgan fingerprint density at radius 2 is 1.85 bits per heavy atom. The van der Waals surface area contributed by atoms with E-state index in [9.17, 15) is 18.3 Å². The van der Waals surface area contributed by atoms with Crippen molar-refractivity contribution in [2.24, 2.45) is 5.41 Å². The van der Waals surface area contributed by atoms with E-state index < -0.39 is 35.2 Å². The number of fused-ring (bicyclic) bond motifs is 2. The summed E-state index contributed by atoms with van der Waals surface area (Å²) in [6.45, 7) is -0.399. The second kappa shape index (κ2) is 4.63. The minimum atomic E-state index is -1.22. The standard InChI is InChI=1S/C15H16ClF3O/c16-10-1-2-11(17)12(13(10)18)9(7-20)14-3-5-15(19,8-14)6-4-14/h1-2,9,20H,3-8H2. The molecule has 2 aliphatic rings. The van der Waals surface area contributed by atoms with Crippen LogP contribution in [-0.2, 0) is 0 Å². The Morgan fingerprint density at radius 3 is 2.35 bits per heavy atom. The van der Waals surface area contributed by atoms with Crippen molar-refractivity contribution in [1.82, 2.24) is 0 Å². The predicted molar refractivity (Wildman–Crippen MR) is 70.6 cm³/mol. The van der Waals surface area contributed by atoms with Crippen LogP contribution in [0.3, 0.4) is 0 Å². The van der Waals surface area contributed by atoms with E-state index in [2.05, 4.69) is 0 Å². The number of hydrogen-bond donors (Lipinski definition) is 1. The molecule has 0 spiro atoms. The molecule has 0 aromatic heterocycles. The number of hydrogen-bond acceptors (Lipinski definition) is 1. The summed E-state index contributed by atoms with van der Waals surface area (Å²) in [6, 6.07) is 2.26. The van der Waals surface area contributed by atoms with Crippen LogP contribution in [0.25, 0.3) is 0 Å². The number of benzene rings is 1. The maximum absolute atomic E-state index is 14.3. The molecule has 110 valence electrons. The highest BCUT2D eigenvalue weighted by Crippen LogP contribution is 2.64. The van der Waals surface area contributed by atoms with Crippen molar-refractivity contribution in [3.8, 4) is 0 Å². The van der Waals surface area contributed by atoms with Gasteiger partial charge >= 0.3 is 0 Å². The molecule has 0 aliphatic heterocycles. The summed E-state index contributed by atoms with van der Waals surface area (Å²) in [5, 5.41) is 9.51. The van der Waals surface area contributed by atoms with E-state index in [1.165, 1.54) is 0 Å². The molecule has 5 heteroatoms. The zero-order chi connectivity index (χ0) is 14.5. The Hall–Kier alpha value is -0.740. The van der Waals surface area contributed by atoms with E-state index in [0.29, 0.717) is 25.7 Å². The second-order valence-electron chi connectivity index (χ2n) is 6.18. The first-order chi connectivity index (χ1) is 9.41. The minimum Gasteiger partial charge on any atom is -0.396 e. The molecule has 3 rings (SSSR count). The lowest BCUT2D eigenvalue weighted by molar-refractivity contribution is 0.141. The summed E-state index contributed by atoms with van der Waals surface area (Å²) in [6.07, 6.45) is 2.21. The van der Waals surface area contributed by atoms with Crippen molar-refractivity contribution < 1.29 is 18.3 Å². The molecular formula is C15H16ClF3O. The molecule has 1 nitrogen and oxygen atoms in total. The molecule has 1 atom stereocenters. The first-order valence-corrected chi connectivity index (χ1v) is 7.22. The summed E-state index contributed by atoms with van der Waals surface area (Å²) in [5.74, 6) is -2.28. The van der Waals surface area contributed by atoms with Crippen LogP contribution in [0.4, 0.5) is 13.2 Å². The lowest BCUT2D eigenvalue weighted by atomic mass is 9.70. The van der Waals surface area contributed by atoms with Gasteiger partial charge in [0.05, 0.1) is 11.6 Å². The summed E-state index contributed by atoms with van der Waals surface area (Å²) in [7, 11) is 0. The normalized spacial score (nSPS) is 33.6. The van der Waals surface area contributed by atoms with Crippen molar-refractivity contribution in [3.05, 3.63) is 34.4 Å². The molecule has 0 amide bonds. The Kier molecular flexibility index (Phi) is 3.29. The fraction of sp³-hybridized carbons (Fsp3) is 0.600. The van der Waals surface area contributed by atoms with Crippen molar-refractivity contribution in [2.45, 2.75) is 43.7 Å². The van der Waals surface area contributed by atoms with Gasteiger partial charge in [-0.05, 0) is 49.7 Å². The first kappa shape index (κ1) is 14.2. The van der Waals surface area contributed by atoms with Crippen LogP contribution in [0.5, 0.6) is 0 Å². The number of alkyl halides is 1. The smallest absolute Gasteiger partial charge is 0.148 e. The topological polar surface area (TPSA) is 20.2 Å². The lowest BCUT2D eigenvalue weighted by Gasteiger charge is -2.35. The van der Waals surface area contributed by atoms with E-state index in [1.807, 2.05) is 0 Å². The van der Waals surface area contributed by atoms with Gasteiger partial charge in [0.1, 0.15) is 17.3 Å². The molecule has 1 N–H and O–H groups in total. The fourth-order valence-corrected chi connectivity index (χ4v) is 4.27. The largest absolute Gasteiger partial charge is 0.396 e. The summed E-state index contributed by atoms with van der Waals surface area (Å²) in [5.41, 5.74) is -1.96. The zero-order valence-electron chi connectivity index (χ0n) is 10.9. The highest BCUT2D eigenvalue weighted by Gasteiger charge is 2.58.